The molecule has 0 bridgehead atoms. The molecule has 1 N–H and O–H groups in total. The van der Waals surface area contributed by atoms with Crippen LogP contribution >= 0.6 is 0 Å². The molecule has 1 aliphatic rings. The normalized spacial score (nSPS) is 16.4. The second-order valence-electron chi connectivity index (χ2n) is 8.16. The number of carbonyl (C=O) groups excluding carboxylic acids is 1. The van der Waals surface area contributed by atoms with Gasteiger partial charge in [0.15, 0.2) is 0 Å². The molecule has 168 valence electrons. The summed E-state index contributed by atoms with van der Waals surface area (Å²) in [6.07, 6.45) is 10.0. The number of hydrogen-bond acceptors (Lipinski definition) is 6. The molecule has 4 rings (SSSR count). The van der Waals surface area contributed by atoms with E-state index in [0.717, 1.165) is 48.6 Å². The second kappa shape index (κ2) is 10.3. The van der Waals surface area contributed by atoms with Crippen molar-refractivity contribution in [2.24, 2.45) is 0 Å². The van der Waals surface area contributed by atoms with Gasteiger partial charge in [0.25, 0.3) is 0 Å². The molecule has 1 atom stereocenters. The van der Waals surface area contributed by atoms with Crippen molar-refractivity contribution in [1.29, 1.82) is 0 Å². The molecule has 1 aliphatic heterocycles. The van der Waals surface area contributed by atoms with Crippen molar-refractivity contribution in [2.45, 2.75) is 51.6 Å². The number of carbonyl (C=O) groups is 1. The van der Waals surface area contributed by atoms with E-state index in [0.29, 0.717) is 18.9 Å². The van der Waals surface area contributed by atoms with Gasteiger partial charge in [0.2, 0.25) is 11.9 Å². The van der Waals surface area contributed by atoms with Gasteiger partial charge in [0.05, 0.1) is 7.11 Å². The number of nitrogens with one attached hydrogen (secondary N) is 1. The highest BCUT2D eigenvalue weighted by Crippen LogP contribution is 2.26. The van der Waals surface area contributed by atoms with Crippen LogP contribution in [0.1, 0.15) is 43.4 Å². The van der Waals surface area contributed by atoms with Crippen LogP contribution in [0.2, 0.25) is 0 Å². The van der Waals surface area contributed by atoms with E-state index in [2.05, 4.69) is 20.2 Å². The Kier molecular flexibility index (Phi) is 6.99. The summed E-state index contributed by atoms with van der Waals surface area (Å²) in [7, 11) is 1.65. The van der Waals surface area contributed by atoms with Crippen molar-refractivity contribution < 1.29 is 9.53 Å². The number of rotatable bonds is 7. The molecule has 0 saturated carbocycles. The van der Waals surface area contributed by atoms with Crippen molar-refractivity contribution in [3.05, 3.63) is 60.3 Å². The highest BCUT2D eigenvalue weighted by Gasteiger charge is 2.25. The number of hydrogen-bond donors (Lipinski definition) is 1. The van der Waals surface area contributed by atoms with Crippen LogP contribution in [0, 0.1) is 6.92 Å². The lowest BCUT2D eigenvalue weighted by molar-refractivity contribution is -0.121. The minimum absolute atomic E-state index is 0.0540. The molecule has 1 fully saturated rings. The van der Waals surface area contributed by atoms with Gasteiger partial charge >= 0.3 is 0 Å². The summed E-state index contributed by atoms with van der Waals surface area (Å²) in [6, 6.07) is 9.87. The number of methoxy groups -OCH3 is 1. The molecule has 8 heteroatoms. The zero-order valence-corrected chi connectivity index (χ0v) is 18.7. The zero-order chi connectivity index (χ0) is 22.3. The molecule has 1 amide bonds. The van der Waals surface area contributed by atoms with E-state index < -0.39 is 0 Å². The highest BCUT2D eigenvalue weighted by molar-refractivity contribution is 5.77. The lowest BCUT2D eigenvalue weighted by atomic mass is 10.1. The number of nitrogens with zero attached hydrogens (tertiary/aromatic N) is 5. The lowest BCUT2D eigenvalue weighted by Crippen LogP contribution is -2.40. The minimum Gasteiger partial charge on any atom is -0.497 e. The van der Waals surface area contributed by atoms with Gasteiger partial charge in [-0.15, -0.1) is 0 Å². The summed E-state index contributed by atoms with van der Waals surface area (Å²) in [4.78, 5) is 28.6. The molecule has 1 aromatic carbocycles. The molecular weight excluding hydrogens is 404 g/mol. The third-order valence-electron chi connectivity index (χ3n) is 5.81. The summed E-state index contributed by atoms with van der Waals surface area (Å²) in [6.45, 7) is 3.36. The van der Waals surface area contributed by atoms with E-state index in [1.807, 2.05) is 48.0 Å². The van der Waals surface area contributed by atoms with Gasteiger partial charge in [-0.1, -0.05) is 25.0 Å². The Bertz CT molecular complexity index is 1020. The first kappa shape index (κ1) is 21.8. The molecule has 1 saturated heterocycles. The monoisotopic (exact) mass is 434 g/mol. The van der Waals surface area contributed by atoms with Crippen LogP contribution in [-0.2, 0) is 11.3 Å². The fourth-order valence-electron chi connectivity index (χ4n) is 4.10. The van der Waals surface area contributed by atoms with Crippen molar-refractivity contribution in [2.75, 3.05) is 18.6 Å². The number of imidazole rings is 1. The Hall–Kier alpha value is -3.42. The smallest absolute Gasteiger partial charge is 0.237 e. The molecule has 2 aromatic heterocycles. The molecule has 32 heavy (non-hydrogen) atoms. The Balaban J connectivity index is 1.46. The maximum absolute atomic E-state index is 12.8. The van der Waals surface area contributed by atoms with E-state index in [-0.39, 0.29) is 11.9 Å². The van der Waals surface area contributed by atoms with Gasteiger partial charge in [-0.2, -0.15) is 4.98 Å². The number of ether oxygens (including phenoxy) is 1. The number of benzene rings is 1. The molecule has 1 unspecified atom stereocenters. The predicted molar refractivity (Wildman–Crippen MR) is 123 cm³/mol. The first-order valence-corrected chi connectivity index (χ1v) is 11.1. The van der Waals surface area contributed by atoms with Gasteiger partial charge in [-0.05, 0) is 37.5 Å². The maximum Gasteiger partial charge on any atom is 0.237 e. The fraction of sp³-hybridized carbons (Fsp3) is 0.417. The largest absolute Gasteiger partial charge is 0.497 e. The van der Waals surface area contributed by atoms with Crippen molar-refractivity contribution in [1.82, 2.24) is 24.8 Å². The van der Waals surface area contributed by atoms with Crippen LogP contribution in [0.4, 0.5) is 5.82 Å². The summed E-state index contributed by atoms with van der Waals surface area (Å²) < 4.78 is 7.00. The molecule has 0 radical (unpaired) electrons. The van der Waals surface area contributed by atoms with Gasteiger partial charge in [-0.3, -0.25) is 9.36 Å². The lowest BCUT2D eigenvalue weighted by Gasteiger charge is -2.31. The van der Waals surface area contributed by atoms with Crippen LogP contribution < -0.4 is 15.0 Å². The van der Waals surface area contributed by atoms with Crippen molar-refractivity contribution in [3.8, 4) is 11.7 Å². The van der Waals surface area contributed by atoms with Crippen molar-refractivity contribution >= 4 is 11.7 Å². The average molecular weight is 435 g/mol. The SMILES string of the molecule is COc1ccc(CNC(=O)CC2CCCCCN2c2cc(C)nc(-n3ccnc3)n2)cc1. The topological polar surface area (TPSA) is 85.2 Å². The highest BCUT2D eigenvalue weighted by atomic mass is 16.5. The van der Waals surface area contributed by atoms with Gasteiger partial charge in [0.1, 0.15) is 17.9 Å². The van der Waals surface area contributed by atoms with E-state index in [9.17, 15) is 4.79 Å². The molecule has 0 spiro atoms. The molecule has 8 nitrogen and oxygen atoms in total. The van der Waals surface area contributed by atoms with Crippen LogP contribution in [0.5, 0.6) is 5.75 Å². The van der Waals surface area contributed by atoms with Gasteiger partial charge in [-0.25, -0.2) is 9.97 Å². The van der Waals surface area contributed by atoms with E-state index in [4.69, 9.17) is 9.72 Å². The predicted octanol–water partition coefficient (Wildman–Crippen LogP) is 3.43. The number of amides is 1. The third kappa shape index (κ3) is 5.43. The summed E-state index contributed by atoms with van der Waals surface area (Å²) in [5.41, 5.74) is 1.94. The van der Waals surface area contributed by atoms with Crippen LogP contribution in [0.25, 0.3) is 5.95 Å². The van der Waals surface area contributed by atoms with Crippen LogP contribution in [-0.4, -0.2) is 45.1 Å². The summed E-state index contributed by atoms with van der Waals surface area (Å²) in [5, 5.41) is 3.07. The zero-order valence-electron chi connectivity index (χ0n) is 18.7. The second-order valence-corrected chi connectivity index (χ2v) is 8.16. The molecule has 3 aromatic rings. The van der Waals surface area contributed by atoms with E-state index >= 15 is 0 Å². The molecule has 3 heterocycles. The van der Waals surface area contributed by atoms with Gasteiger partial charge in [0, 0.05) is 49.7 Å². The van der Waals surface area contributed by atoms with Gasteiger partial charge < -0.3 is 15.0 Å². The average Bonchev–Trinajstić information content (AvgIpc) is 3.25. The quantitative estimate of drug-likeness (QED) is 0.613. The first-order valence-electron chi connectivity index (χ1n) is 11.1. The Labute approximate surface area is 188 Å². The molecular formula is C24H30N6O2. The standard InChI is InChI=1S/C24H30N6O2/c1-18-14-22(28-24(27-18)29-13-11-25-17-29)30-12-5-3-4-6-20(30)15-23(31)26-16-19-7-9-21(32-2)10-8-19/h7-11,13-14,17,20H,3-6,12,15-16H2,1-2H3,(H,26,31). The van der Waals surface area contributed by atoms with E-state index in [1.165, 1.54) is 6.42 Å². The number of aromatic nitrogens is 4. The third-order valence-corrected chi connectivity index (χ3v) is 5.81. The molecule has 0 aliphatic carbocycles. The number of aryl methyl sites for hydroxylation is 1. The first-order chi connectivity index (χ1) is 15.6. The van der Waals surface area contributed by atoms with Crippen LogP contribution in [0.15, 0.2) is 49.1 Å². The van der Waals surface area contributed by atoms with Crippen molar-refractivity contribution in [3.63, 3.8) is 0 Å². The minimum atomic E-state index is 0.0540. The Morgan fingerprint density at radius 3 is 2.78 bits per heavy atom. The fourth-order valence-corrected chi connectivity index (χ4v) is 4.10. The maximum atomic E-state index is 12.8. The summed E-state index contributed by atoms with van der Waals surface area (Å²) in [5.74, 6) is 2.34. The van der Waals surface area contributed by atoms with E-state index in [1.54, 1.807) is 19.6 Å². The number of anilines is 1. The Morgan fingerprint density at radius 1 is 1.19 bits per heavy atom. The van der Waals surface area contributed by atoms with Crippen LogP contribution in [0.3, 0.4) is 0 Å². The Morgan fingerprint density at radius 2 is 2.03 bits per heavy atom. The summed E-state index contributed by atoms with van der Waals surface area (Å²) >= 11 is 0.